The molecule has 2 aromatic carbocycles. The van der Waals surface area contributed by atoms with Gasteiger partial charge in [-0.05, 0) is 30.2 Å². The van der Waals surface area contributed by atoms with Gasteiger partial charge in [0.25, 0.3) is 0 Å². The van der Waals surface area contributed by atoms with E-state index in [1.54, 1.807) is 6.08 Å². The van der Waals surface area contributed by atoms with Crippen molar-refractivity contribution >= 4 is 47.4 Å². The molecule has 2 heterocycles. The Kier molecular flexibility index (Phi) is 3.68. The number of hydrogen-bond acceptors (Lipinski definition) is 2. The van der Waals surface area contributed by atoms with Crippen LogP contribution in [0.4, 0.5) is 0 Å². The first-order valence-electron chi connectivity index (χ1n) is 9.30. The van der Waals surface area contributed by atoms with E-state index >= 15 is 0 Å². The molecule has 0 N–H and O–H groups in total. The van der Waals surface area contributed by atoms with Crippen molar-refractivity contribution in [3.05, 3.63) is 78.3 Å². The molecule has 0 saturated heterocycles. The lowest BCUT2D eigenvalue weighted by Gasteiger charge is -2.06. The van der Waals surface area contributed by atoms with E-state index in [0.29, 0.717) is 0 Å². The highest BCUT2D eigenvalue weighted by molar-refractivity contribution is 6.33. The van der Waals surface area contributed by atoms with Crippen molar-refractivity contribution in [2.75, 3.05) is 0 Å². The number of aryl methyl sites for hydroxylation is 1. The van der Waals surface area contributed by atoms with Crippen LogP contribution in [0.2, 0.25) is 0 Å². The van der Waals surface area contributed by atoms with Crippen LogP contribution in [0.3, 0.4) is 0 Å². The minimum absolute atomic E-state index is 0.845. The summed E-state index contributed by atoms with van der Waals surface area (Å²) in [5.41, 5.74) is 6.48. The summed E-state index contributed by atoms with van der Waals surface area (Å²) in [4.78, 5) is 0. The molecular formula is C24H19BO2. The summed E-state index contributed by atoms with van der Waals surface area (Å²) in [7, 11) is 2.08. The van der Waals surface area contributed by atoms with Gasteiger partial charge in [-0.3, -0.25) is 0 Å². The third-order valence-corrected chi connectivity index (χ3v) is 5.18. The van der Waals surface area contributed by atoms with Gasteiger partial charge in [0.1, 0.15) is 30.5 Å². The molecule has 1 aliphatic carbocycles. The van der Waals surface area contributed by atoms with E-state index in [1.165, 1.54) is 16.4 Å². The van der Waals surface area contributed by atoms with Crippen LogP contribution >= 0.6 is 0 Å². The predicted octanol–water partition coefficient (Wildman–Crippen LogP) is 5.26. The number of furan rings is 2. The molecule has 130 valence electrons. The van der Waals surface area contributed by atoms with Gasteiger partial charge in [-0.25, -0.2) is 0 Å². The Hall–Kier alpha value is -3.20. The van der Waals surface area contributed by atoms with E-state index in [4.69, 9.17) is 8.83 Å². The lowest BCUT2D eigenvalue weighted by molar-refractivity contribution is 0.546. The Balaban J connectivity index is 1.89. The molecule has 2 aromatic heterocycles. The fraction of sp³-hybridized carbons (Fsp3) is 0.0833. The molecule has 0 fully saturated rings. The third kappa shape index (κ3) is 2.50. The van der Waals surface area contributed by atoms with Gasteiger partial charge in [0.05, 0.1) is 0 Å². The predicted molar refractivity (Wildman–Crippen MR) is 116 cm³/mol. The number of allylic oxidation sites excluding steroid dienone is 3. The second kappa shape index (κ2) is 6.20. The Bertz CT molecular complexity index is 1250. The molecule has 1 aliphatic rings. The molecule has 3 heteroatoms. The highest BCUT2D eigenvalue weighted by Gasteiger charge is 2.22. The van der Waals surface area contributed by atoms with Crippen LogP contribution in [-0.4, -0.2) is 7.85 Å². The van der Waals surface area contributed by atoms with Crippen molar-refractivity contribution in [3.8, 4) is 11.1 Å². The fourth-order valence-electron chi connectivity index (χ4n) is 3.98. The van der Waals surface area contributed by atoms with E-state index in [2.05, 4.69) is 63.0 Å². The topological polar surface area (TPSA) is 26.3 Å². The van der Waals surface area contributed by atoms with Gasteiger partial charge in [0, 0.05) is 28.3 Å². The zero-order chi connectivity index (χ0) is 18.4. The molecule has 0 unspecified atom stereocenters. The van der Waals surface area contributed by atoms with Crippen molar-refractivity contribution in [1.29, 1.82) is 0 Å². The maximum Gasteiger partial charge on any atom is 0.139 e. The Morgan fingerprint density at radius 2 is 2.00 bits per heavy atom. The van der Waals surface area contributed by atoms with E-state index in [-0.39, 0.29) is 0 Å². The molecule has 0 saturated carbocycles. The monoisotopic (exact) mass is 350 g/mol. The van der Waals surface area contributed by atoms with E-state index in [1.807, 2.05) is 12.2 Å². The molecule has 0 atom stereocenters. The molecule has 0 radical (unpaired) electrons. The maximum atomic E-state index is 6.22. The average Bonchev–Trinajstić information content (AvgIpc) is 3.23. The van der Waals surface area contributed by atoms with E-state index in [0.717, 1.165) is 52.0 Å². The normalized spacial score (nSPS) is 13.6. The molecule has 0 bridgehead atoms. The van der Waals surface area contributed by atoms with Gasteiger partial charge < -0.3 is 8.83 Å². The van der Waals surface area contributed by atoms with Crippen molar-refractivity contribution in [2.45, 2.75) is 12.8 Å². The van der Waals surface area contributed by atoms with Gasteiger partial charge >= 0.3 is 0 Å². The average molecular weight is 350 g/mol. The largest absolute Gasteiger partial charge is 0.460 e. The van der Waals surface area contributed by atoms with Gasteiger partial charge in [-0.15, -0.1) is 0 Å². The number of rotatable bonds is 3. The summed E-state index contributed by atoms with van der Waals surface area (Å²) >= 11 is 0. The number of hydrogen-bond donors (Lipinski definition) is 0. The summed E-state index contributed by atoms with van der Waals surface area (Å²) in [6, 6.07) is 12.6. The zero-order valence-corrected chi connectivity index (χ0v) is 15.3. The molecule has 0 amide bonds. The molecule has 27 heavy (non-hydrogen) atoms. The molecular weight excluding hydrogens is 331 g/mol. The van der Waals surface area contributed by atoms with Gasteiger partial charge in [-0.1, -0.05) is 60.6 Å². The first-order valence-corrected chi connectivity index (χ1v) is 9.30. The summed E-state index contributed by atoms with van der Waals surface area (Å²) in [6.07, 6.45) is 12.1. The Morgan fingerprint density at radius 1 is 1.07 bits per heavy atom. The minimum atomic E-state index is 0.845. The van der Waals surface area contributed by atoms with Gasteiger partial charge in [0.15, 0.2) is 0 Å². The number of benzene rings is 2. The Labute approximate surface area is 158 Å². The van der Waals surface area contributed by atoms with Gasteiger partial charge in [0.2, 0.25) is 0 Å². The SMILES string of the molecule is Bc1ccc2c(-c3cccc4oc5c(c34)C=CCC5)c(/C=C\C=C)oc2c1. The first-order chi connectivity index (χ1) is 13.3. The summed E-state index contributed by atoms with van der Waals surface area (Å²) in [5.74, 6) is 1.92. The maximum absolute atomic E-state index is 6.22. The van der Waals surface area contributed by atoms with E-state index in [9.17, 15) is 0 Å². The van der Waals surface area contributed by atoms with Crippen LogP contribution in [0, 0.1) is 0 Å². The second-order valence-corrected chi connectivity index (χ2v) is 6.99. The summed E-state index contributed by atoms with van der Waals surface area (Å²) < 4.78 is 12.4. The number of fused-ring (bicyclic) bond motifs is 4. The Morgan fingerprint density at radius 3 is 2.89 bits per heavy atom. The third-order valence-electron chi connectivity index (χ3n) is 5.18. The van der Waals surface area contributed by atoms with Crippen molar-refractivity contribution in [3.63, 3.8) is 0 Å². The van der Waals surface area contributed by atoms with Crippen LogP contribution in [-0.2, 0) is 6.42 Å². The van der Waals surface area contributed by atoms with Crippen LogP contribution in [0.1, 0.15) is 23.5 Å². The van der Waals surface area contributed by atoms with Crippen LogP contribution < -0.4 is 5.46 Å². The van der Waals surface area contributed by atoms with Crippen LogP contribution in [0.15, 0.2) is 70.0 Å². The zero-order valence-electron chi connectivity index (χ0n) is 15.3. The van der Waals surface area contributed by atoms with E-state index < -0.39 is 0 Å². The molecule has 5 rings (SSSR count). The van der Waals surface area contributed by atoms with Crippen LogP contribution in [0.25, 0.3) is 45.2 Å². The van der Waals surface area contributed by atoms with Gasteiger partial charge in [-0.2, -0.15) is 0 Å². The molecule has 0 spiro atoms. The molecule has 2 nitrogen and oxygen atoms in total. The van der Waals surface area contributed by atoms with Crippen molar-refractivity contribution in [1.82, 2.24) is 0 Å². The smallest absolute Gasteiger partial charge is 0.139 e. The second-order valence-electron chi connectivity index (χ2n) is 6.99. The molecule has 0 aliphatic heterocycles. The lowest BCUT2D eigenvalue weighted by Crippen LogP contribution is -1.98. The summed E-state index contributed by atoms with van der Waals surface area (Å²) in [5, 5.41) is 2.28. The van der Waals surface area contributed by atoms with Crippen molar-refractivity contribution < 1.29 is 8.83 Å². The van der Waals surface area contributed by atoms with Crippen LogP contribution in [0.5, 0.6) is 0 Å². The lowest BCUT2D eigenvalue weighted by atomic mass is 9.91. The standard InChI is InChI=1S/C24H19BO2/c1-2-3-9-20-24(17-13-12-15(25)14-22(17)27-20)18-8-6-11-21-23(18)16-7-4-5-10-19(16)26-21/h2-4,6-9,11-14H,1,5,10,25H2/b9-3-. The highest BCUT2D eigenvalue weighted by Crippen LogP contribution is 2.42. The van der Waals surface area contributed by atoms with Crippen molar-refractivity contribution in [2.24, 2.45) is 0 Å². The highest BCUT2D eigenvalue weighted by atomic mass is 16.3. The molecule has 4 aromatic rings. The quantitative estimate of drug-likeness (QED) is 0.372. The summed E-state index contributed by atoms with van der Waals surface area (Å²) in [6.45, 7) is 3.79. The fourth-order valence-corrected chi connectivity index (χ4v) is 3.98. The first kappa shape index (κ1) is 16.0. The minimum Gasteiger partial charge on any atom is -0.460 e.